The molecule has 1 aromatic heterocycles. The molecule has 0 atom stereocenters. The molecule has 0 aliphatic rings. The summed E-state index contributed by atoms with van der Waals surface area (Å²) in [6.45, 7) is 3.72. The van der Waals surface area contributed by atoms with Crippen LogP contribution in [0, 0.1) is 0 Å². The van der Waals surface area contributed by atoms with Gasteiger partial charge in [-0.3, -0.25) is 0 Å². The average Bonchev–Trinajstić information content (AvgIpc) is 2.74. The maximum Gasteiger partial charge on any atom is 0.373 e. The van der Waals surface area contributed by atoms with Gasteiger partial charge in [-0.1, -0.05) is 37.6 Å². The van der Waals surface area contributed by atoms with Gasteiger partial charge in [-0.25, -0.2) is 9.78 Å². The smallest absolute Gasteiger partial charge is 0.373 e. The minimum Gasteiger partial charge on any atom is -0.475 e. The van der Waals surface area contributed by atoms with Crippen molar-refractivity contribution in [1.82, 2.24) is 4.98 Å². The summed E-state index contributed by atoms with van der Waals surface area (Å²) in [4.78, 5) is 15.3. The summed E-state index contributed by atoms with van der Waals surface area (Å²) >= 11 is 6.03. The summed E-state index contributed by atoms with van der Waals surface area (Å²) in [5.41, 5.74) is 1.02. The van der Waals surface area contributed by atoms with E-state index in [0.717, 1.165) is 0 Å². The third-order valence-electron chi connectivity index (χ3n) is 2.50. The molecule has 1 N–H and O–H groups in total. The van der Waals surface area contributed by atoms with Crippen molar-refractivity contribution < 1.29 is 14.3 Å². The number of halogens is 1. The van der Waals surface area contributed by atoms with Crippen LogP contribution in [0.25, 0.3) is 11.5 Å². The fraction of sp³-hybridized carbons (Fsp3) is 0.231. The lowest BCUT2D eigenvalue weighted by molar-refractivity contribution is 0.0661. The predicted molar refractivity (Wildman–Crippen MR) is 68.0 cm³/mol. The molecule has 18 heavy (non-hydrogen) atoms. The second kappa shape index (κ2) is 4.82. The van der Waals surface area contributed by atoms with Gasteiger partial charge < -0.3 is 9.52 Å². The highest BCUT2D eigenvalue weighted by atomic mass is 35.5. The molecule has 4 nitrogen and oxygen atoms in total. The lowest BCUT2D eigenvalue weighted by atomic mass is 10.1. The summed E-state index contributed by atoms with van der Waals surface area (Å²) in [5, 5.41) is 9.56. The Hall–Kier alpha value is -1.81. The van der Waals surface area contributed by atoms with Crippen molar-refractivity contribution in [2.45, 2.75) is 19.8 Å². The Morgan fingerprint density at radius 1 is 1.39 bits per heavy atom. The highest BCUT2D eigenvalue weighted by molar-refractivity contribution is 6.33. The van der Waals surface area contributed by atoms with Crippen LogP contribution in [0.15, 0.2) is 28.7 Å². The van der Waals surface area contributed by atoms with Gasteiger partial charge in [0.05, 0.1) is 16.3 Å². The first-order valence-electron chi connectivity index (χ1n) is 5.49. The van der Waals surface area contributed by atoms with E-state index in [1.165, 1.54) is 0 Å². The summed E-state index contributed by atoms with van der Waals surface area (Å²) in [5.74, 6) is -1.04. The molecule has 1 aromatic carbocycles. The third-order valence-corrected chi connectivity index (χ3v) is 2.83. The molecular weight excluding hydrogens is 254 g/mol. The maximum atomic E-state index is 11.1. The van der Waals surface area contributed by atoms with Crippen LogP contribution in [-0.2, 0) is 0 Å². The van der Waals surface area contributed by atoms with Gasteiger partial charge in [0.2, 0.25) is 11.7 Å². The van der Waals surface area contributed by atoms with Gasteiger partial charge in [0.1, 0.15) is 0 Å². The van der Waals surface area contributed by atoms with E-state index in [0.29, 0.717) is 16.3 Å². The Morgan fingerprint density at radius 3 is 2.56 bits per heavy atom. The summed E-state index contributed by atoms with van der Waals surface area (Å²) in [6, 6.07) is 7.03. The maximum absolute atomic E-state index is 11.1. The van der Waals surface area contributed by atoms with Crippen molar-refractivity contribution in [3.05, 3.63) is 40.7 Å². The zero-order chi connectivity index (χ0) is 13.3. The molecule has 94 valence electrons. The van der Waals surface area contributed by atoms with E-state index in [-0.39, 0.29) is 17.6 Å². The largest absolute Gasteiger partial charge is 0.475 e. The van der Waals surface area contributed by atoms with Crippen LogP contribution < -0.4 is 0 Å². The van der Waals surface area contributed by atoms with Crippen LogP contribution in [0.4, 0.5) is 0 Å². The first kappa shape index (κ1) is 12.6. The monoisotopic (exact) mass is 265 g/mol. The molecule has 0 aliphatic heterocycles. The van der Waals surface area contributed by atoms with Crippen LogP contribution in [-0.4, -0.2) is 16.1 Å². The molecule has 0 saturated carbocycles. The summed E-state index contributed by atoms with van der Waals surface area (Å²) in [7, 11) is 0. The van der Waals surface area contributed by atoms with Gasteiger partial charge in [0.25, 0.3) is 0 Å². The van der Waals surface area contributed by atoms with Gasteiger partial charge in [0.15, 0.2) is 0 Å². The van der Waals surface area contributed by atoms with Crippen LogP contribution in [0.1, 0.15) is 36.0 Å². The Morgan fingerprint density at radius 2 is 2.06 bits per heavy atom. The average molecular weight is 266 g/mol. The van der Waals surface area contributed by atoms with E-state index in [9.17, 15) is 4.79 Å². The quantitative estimate of drug-likeness (QED) is 0.916. The summed E-state index contributed by atoms with van der Waals surface area (Å²) < 4.78 is 5.31. The van der Waals surface area contributed by atoms with E-state index in [4.69, 9.17) is 21.1 Å². The van der Waals surface area contributed by atoms with Crippen molar-refractivity contribution >= 4 is 17.6 Å². The molecule has 2 aromatic rings. The third kappa shape index (κ3) is 2.24. The fourth-order valence-corrected chi connectivity index (χ4v) is 1.84. The molecule has 5 heteroatoms. The Labute approximate surface area is 109 Å². The Kier molecular flexibility index (Phi) is 3.39. The topological polar surface area (TPSA) is 63.3 Å². The summed E-state index contributed by atoms with van der Waals surface area (Å²) in [6.07, 6.45) is 0. The van der Waals surface area contributed by atoms with Gasteiger partial charge in [0, 0.05) is 0 Å². The highest BCUT2D eigenvalue weighted by Crippen LogP contribution is 2.30. The molecule has 0 spiro atoms. The van der Waals surface area contributed by atoms with Gasteiger partial charge >= 0.3 is 5.97 Å². The molecular formula is C13H12ClNO3. The van der Waals surface area contributed by atoms with Gasteiger partial charge in [-0.2, -0.15) is 0 Å². The number of hydrogen-bond acceptors (Lipinski definition) is 3. The van der Waals surface area contributed by atoms with Gasteiger partial charge in [-0.15, -0.1) is 0 Å². The molecule has 0 amide bonds. The Balaban J connectivity index is 2.57. The zero-order valence-corrected chi connectivity index (χ0v) is 10.7. The molecule has 0 saturated heterocycles. The second-order valence-corrected chi connectivity index (χ2v) is 4.58. The minimum absolute atomic E-state index is 0.0314. The number of oxazole rings is 1. The molecule has 0 bridgehead atoms. The molecule has 0 unspecified atom stereocenters. The molecule has 0 fully saturated rings. The first-order valence-corrected chi connectivity index (χ1v) is 5.87. The van der Waals surface area contributed by atoms with Crippen LogP contribution in [0.5, 0.6) is 0 Å². The van der Waals surface area contributed by atoms with Gasteiger partial charge in [-0.05, 0) is 18.1 Å². The number of benzene rings is 1. The van der Waals surface area contributed by atoms with Crippen molar-refractivity contribution in [3.63, 3.8) is 0 Å². The van der Waals surface area contributed by atoms with E-state index in [1.54, 1.807) is 24.3 Å². The number of rotatable bonds is 3. The minimum atomic E-state index is -1.12. The van der Waals surface area contributed by atoms with E-state index in [2.05, 4.69) is 4.98 Å². The number of carbonyl (C=O) groups is 1. The normalized spacial score (nSPS) is 10.9. The van der Waals surface area contributed by atoms with Crippen molar-refractivity contribution in [2.75, 3.05) is 0 Å². The number of carboxylic acid groups (broad SMARTS) is 1. The number of aromatic carboxylic acids is 1. The fourth-order valence-electron chi connectivity index (χ4n) is 1.63. The van der Waals surface area contributed by atoms with Crippen molar-refractivity contribution in [1.29, 1.82) is 0 Å². The number of nitrogens with zero attached hydrogens (tertiary/aromatic N) is 1. The number of hydrogen-bond donors (Lipinski definition) is 1. The van der Waals surface area contributed by atoms with Crippen molar-refractivity contribution in [3.8, 4) is 11.5 Å². The standard InChI is InChI=1S/C13H12ClNO3/c1-7(2)10-11(13(16)17)18-12(15-10)8-5-3-4-6-9(8)14/h3-7H,1-2H3,(H,16,17). The number of aromatic nitrogens is 1. The lowest BCUT2D eigenvalue weighted by Gasteiger charge is -1.98. The second-order valence-electron chi connectivity index (χ2n) is 4.17. The van der Waals surface area contributed by atoms with E-state index >= 15 is 0 Å². The van der Waals surface area contributed by atoms with Crippen LogP contribution >= 0.6 is 11.6 Å². The zero-order valence-electron chi connectivity index (χ0n) is 9.98. The molecule has 0 radical (unpaired) electrons. The number of carboxylic acids is 1. The molecule has 1 heterocycles. The molecule has 2 rings (SSSR count). The van der Waals surface area contributed by atoms with E-state index < -0.39 is 5.97 Å². The SMILES string of the molecule is CC(C)c1nc(-c2ccccc2Cl)oc1C(=O)O. The Bertz CT molecular complexity index is 590. The van der Waals surface area contributed by atoms with E-state index in [1.807, 2.05) is 13.8 Å². The highest BCUT2D eigenvalue weighted by Gasteiger charge is 2.23. The lowest BCUT2D eigenvalue weighted by Crippen LogP contribution is -2.01. The molecule has 0 aliphatic carbocycles. The predicted octanol–water partition coefficient (Wildman–Crippen LogP) is 3.82. The van der Waals surface area contributed by atoms with Crippen LogP contribution in [0.2, 0.25) is 5.02 Å². The first-order chi connectivity index (χ1) is 8.50. The van der Waals surface area contributed by atoms with Crippen molar-refractivity contribution in [2.24, 2.45) is 0 Å². The van der Waals surface area contributed by atoms with Crippen LogP contribution in [0.3, 0.4) is 0 Å².